The van der Waals surface area contributed by atoms with Crippen molar-refractivity contribution in [3.63, 3.8) is 0 Å². The van der Waals surface area contributed by atoms with Gasteiger partial charge in [0.2, 0.25) is 0 Å². The number of ether oxygens (including phenoxy) is 1. The van der Waals surface area contributed by atoms with E-state index in [0.717, 1.165) is 5.56 Å². The van der Waals surface area contributed by atoms with E-state index < -0.39 is 17.7 Å². The van der Waals surface area contributed by atoms with Gasteiger partial charge in [-0.05, 0) is 45.4 Å². The minimum absolute atomic E-state index is 0.478. The largest absolute Gasteiger partial charge is 0.444 e. The molecule has 117 valence electrons. The molecule has 0 saturated carbocycles. The predicted octanol–water partition coefficient (Wildman–Crippen LogP) is 3.52. The van der Waals surface area contributed by atoms with Gasteiger partial charge >= 0.3 is 6.09 Å². The molecule has 1 aromatic heterocycles. The molecule has 0 unspecified atom stereocenters. The summed E-state index contributed by atoms with van der Waals surface area (Å²) in [4.78, 5) is 15.9. The molecule has 1 amide bonds. The topological polar surface area (TPSA) is 79.9 Å². The van der Waals surface area contributed by atoms with Gasteiger partial charge in [-0.15, -0.1) is 0 Å². The van der Waals surface area contributed by atoms with E-state index in [1.54, 1.807) is 39.0 Å². The lowest BCUT2D eigenvalue weighted by atomic mass is 10.0. The number of benzene rings is 1. The lowest BCUT2D eigenvalue weighted by Crippen LogP contribution is -2.34. The summed E-state index contributed by atoms with van der Waals surface area (Å²) in [6, 6.07) is 4.84. The Balaban J connectivity index is 2.15. The number of aromatic amines is 1. The number of aromatic nitrogens is 3. The van der Waals surface area contributed by atoms with Crippen molar-refractivity contribution in [2.24, 2.45) is 0 Å². The second-order valence-corrected chi connectivity index (χ2v) is 6.18. The van der Waals surface area contributed by atoms with Crippen LogP contribution in [0.3, 0.4) is 0 Å². The Morgan fingerprint density at radius 3 is 2.77 bits per heavy atom. The lowest BCUT2D eigenvalue weighted by molar-refractivity contribution is 0.0513. The highest BCUT2D eigenvalue weighted by molar-refractivity contribution is 6.33. The number of nitrogens with zero attached hydrogens (tertiary/aromatic N) is 2. The normalized spacial score (nSPS) is 12.8. The van der Waals surface area contributed by atoms with E-state index in [0.29, 0.717) is 16.4 Å². The Bertz CT molecular complexity index is 650. The number of carbonyl (C=O) groups is 1. The average Bonchev–Trinajstić information content (AvgIpc) is 2.90. The van der Waals surface area contributed by atoms with Crippen LogP contribution in [-0.4, -0.2) is 26.9 Å². The summed E-state index contributed by atoms with van der Waals surface area (Å²) >= 11 is 6.16. The second-order valence-electron chi connectivity index (χ2n) is 5.77. The molecule has 22 heavy (non-hydrogen) atoms. The third-order valence-electron chi connectivity index (χ3n) is 2.75. The molecule has 1 radical (unpaired) electrons. The van der Waals surface area contributed by atoms with Gasteiger partial charge in [-0.1, -0.05) is 17.7 Å². The van der Waals surface area contributed by atoms with Crippen LogP contribution in [0.4, 0.5) is 4.79 Å². The van der Waals surface area contributed by atoms with Crippen LogP contribution in [0.1, 0.15) is 32.4 Å². The third-order valence-corrected chi connectivity index (χ3v) is 3.08. The van der Waals surface area contributed by atoms with Gasteiger partial charge in [0.15, 0.2) is 5.82 Å². The molecule has 0 fully saturated rings. The first-order chi connectivity index (χ1) is 10.3. The first-order valence-electron chi connectivity index (χ1n) is 6.74. The van der Waals surface area contributed by atoms with Crippen molar-refractivity contribution in [1.29, 1.82) is 0 Å². The Labute approximate surface area is 134 Å². The van der Waals surface area contributed by atoms with Crippen molar-refractivity contribution in [3.05, 3.63) is 42.0 Å². The number of nitrogens with one attached hydrogen (secondary N) is 2. The van der Waals surface area contributed by atoms with E-state index in [1.807, 2.05) is 0 Å². The summed E-state index contributed by atoms with van der Waals surface area (Å²) in [5.41, 5.74) is 0.910. The van der Waals surface area contributed by atoms with Crippen molar-refractivity contribution in [2.45, 2.75) is 32.4 Å². The minimum Gasteiger partial charge on any atom is -0.444 e. The maximum atomic E-state index is 11.8. The fraction of sp³-hybridized carbons (Fsp3) is 0.333. The zero-order valence-electron chi connectivity index (χ0n) is 12.7. The minimum atomic E-state index is -0.561. The van der Waals surface area contributed by atoms with Gasteiger partial charge in [0.05, 0.1) is 11.1 Å². The third kappa shape index (κ3) is 4.21. The number of halogens is 1. The molecule has 6 nitrogen and oxygen atoms in total. The molecule has 0 saturated heterocycles. The van der Waals surface area contributed by atoms with Gasteiger partial charge in [-0.2, -0.15) is 5.10 Å². The van der Waals surface area contributed by atoms with E-state index in [4.69, 9.17) is 16.3 Å². The quantitative estimate of drug-likeness (QED) is 0.906. The molecule has 0 spiro atoms. The van der Waals surface area contributed by atoms with Crippen LogP contribution in [0, 0.1) is 6.92 Å². The Morgan fingerprint density at radius 2 is 2.18 bits per heavy atom. The maximum absolute atomic E-state index is 11.8. The molecule has 0 bridgehead atoms. The zero-order valence-corrected chi connectivity index (χ0v) is 13.4. The van der Waals surface area contributed by atoms with Gasteiger partial charge in [-0.25, -0.2) is 9.78 Å². The smallest absolute Gasteiger partial charge is 0.408 e. The number of hydrogen-bond donors (Lipinski definition) is 2. The molecule has 2 rings (SSSR count). The van der Waals surface area contributed by atoms with Crippen LogP contribution in [0.5, 0.6) is 0 Å². The van der Waals surface area contributed by atoms with E-state index in [-0.39, 0.29) is 0 Å². The average molecular weight is 322 g/mol. The Kier molecular flexibility index (Phi) is 4.71. The number of amides is 1. The van der Waals surface area contributed by atoms with Crippen LogP contribution in [0.2, 0.25) is 5.02 Å². The molecule has 0 aliphatic rings. The summed E-state index contributed by atoms with van der Waals surface area (Å²) in [5, 5.41) is 9.77. The highest BCUT2D eigenvalue weighted by Crippen LogP contribution is 2.28. The van der Waals surface area contributed by atoms with Crippen molar-refractivity contribution in [3.8, 4) is 11.4 Å². The number of rotatable bonds is 3. The van der Waals surface area contributed by atoms with Crippen LogP contribution < -0.4 is 5.32 Å². The van der Waals surface area contributed by atoms with Gasteiger partial charge in [0, 0.05) is 5.56 Å². The van der Waals surface area contributed by atoms with Crippen LogP contribution in [0.25, 0.3) is 11.4 Å². The standard InChI is InChI=1S/C15H18ClN4O2/c1-9(19-14(21)22-15(2,3)4)10-5-6-12(16)11(7-10)13-17-8-18-20-13/h5-9H,1H2,2-4H3,(H,19,21)(H,17,18,20)/t9-/m0/s1. The van der Waals surface area contributed by atoms with Gasteiger partial charge < -0.3 is 10.1 Å². The monoisotopic (exact) mass is 321 g/mol. The van der Waals surface area contributed by atoms with Gasteiger partial charge in [0.25, 0.3) is 0 Å². The number of hydrogen-bond acceptors (Lipinski definition) is 4. The van der Waals surface area contributed by atoms with Gasteiger partial charge in [-0.3, -0.25) is 5.10 Å². The predicted molar refractivity (Wildman–Crippen MR) is 84.3 cm³/mol. The Morgan fingerprint density at radius 1 is 1.45 bits per heavy atom. The molecule has 0 aliphatic heterocycles. The van der Waals surface area contributed by atoms with Crippen molar-refractivity contribution in [1.82, 2.24) is 20.5 Å². The van der Waals surface area contributed by atoms with Crippen molar-refractivity contribution in [2.75, 3.05) is 0 Å². The van der Waals surface area contributed by atoms with Crippen LogP contribution in [-0.2, 0) is 4.74 Å². The SMILES string of the molecule is [CH2][C@H](NC(=O)OC(C)(C)C)c1ccc(Cl)c(-c2ncn[nH]2)c1. The fourth-order valence-corrected chi connectivity index (χ4v) is 2.02. The molecule has 2 N–H and O–H groups in total. The highest BCUT2D eigenvalue weighted by Gasteiger charge is 2.19. The first-order valence-corrected chi connectivity index (χ1v) is 7.12. The van der Waals surface area contributed by atoms with Crippen LogP contribution >= 0.6 is 11.6 Å². The van der Waals surface area contributed by atoms with E-state index in [9.17, 15) is 4.79 Å². The molecule has 0 aliphatic carbocycles. The highest BCUT2D eigenvalue weighted by atomic mass is 35.5. The maximum Gasteiger partial charge on any atom is 0.408 e. The fourth-order valence-electron chi connectivity index (χ4n) is 1.81. The summed E-state index contributed by atoms with van der Waals surface area (Å²) < 4.78 is 5.21. The molecule has 1 heterocycles. The molecular formula is C15H18ClN4O2. The zero-order chi connectivity index (χ0) is 16.3. The van der Waals surface area contributed by atoms with E-state index >= 15 is 0 Å². The van der Waals surface area contributed by atoms with Crippen molar-refractivity contribution >= 4 is 17.7 Å². The Hall–Kier alpha value is -2.08. The number of carbonyl (C=O) groups excluding carboxylic acids is 1. The summed E-state index contributed by atoms with van der Waals surface area (Å²) in [6.45, 7) is 9.33. The molecule has 1 aromatic carbocycles. The number of alkyl carbamates (subject to hydrolysis) is 1. The molecule has 1 atom stereocenters. The molecule has 7 heteroatoms. The lowest BCUT2D eigenvalue weighted by Gasteiger charge is -2.22. The summed E-state index contributed by atoms with van der Waals surface area (Å²) in [5.74, 6) is 0.552. The first kappa shape index (κ1) is 16.3. The molecular weight excluding hydrogens is 304 g/mol. The second kappa shape index (κ2) is 6.36. The van der Waals surface area contributed by atoms with Crippen molar-refractivity contribution < 1.29 is 9.53 Å². The van der Waals surface area contributed by atoms with E-state index in [2.05, 4.69) is 27.4 Å². The van der Waals surface area contributed by atoms with Gasteiger partial charge in [0.1, 0.15) is 11.9 Å². The van der Waals surface area contributed by atoms with Crippen LogP contribution in [0.15, 0.2) is 24.5 Å². The molecule has 2 aromatic rings. The number of H-pyrrole nitrogens is 1. The summed E-state index contributed by atoms with van der Waals surface area (Å²) in [6.07, 6.45) is 0.877. The summed E-state index contributed by atoms with van der Waals surface area (Å²) in [7, 11) is 0. The van der Waals surface area contributed by atoms with E-state index in [1.165, 1.54) is 6.33 Å².